The molecule has 2 fully saturated rings. The van der Waals surface area contributed by atoms with Gasteiger partial charge >= 0.3 is 0 Å². The molecule has 4 rings (SSSR count). The minimum Gasteiger partial charge on any atom is -0.338 e. The third kappa shape index (κ3) is 5.17. The van der Waals surface area contributed by atoms with Gasteiger partial charge in [-0.15, -0.1) is 0 Å². The van der Waals surface area contributed by atoms with E-state index in [4.69, 9.17) is 11.6 Å². The molecule has 2 atom stereocenters. The van der Waals surface area contributed by atoms with E-state index in [0.29, 0.717) is 26.2 Å². The van der Waals surface area contributed by atoms with Crippen molar-refractivity contribution in [2.75, 3.05) is 50.8 Å². The summed E-state index contributed by atoms with van der Waals surface area (Å²) < 4.78 is 23.9. The molecule has 2 aliphatic rings. The molecule has 0 spiro atoms. The molecule has 0 bridgehead atoms. The lowest BCUT2D eigenvalue weighted by Gasteiger charge is -2.42. The largest absolute Gasteiger partial charge is 0.338 e. The summed E-state index contributed by atoms with van der Waals surface area (Å²) in [5.74, 6) is 0.264. The van der Waals surface area contributed by atoms with Gasteiger partial charge in [0.05, 0.1) is 11.5 Å². The van der Waals surface area contributed by atoms with Gasteiger partial charge in [0.25, 0.3) is 0 Å². The normalized spacial score (nSPS) is 21.8. The van der Waals surface area contributed by atoms with E-state index in [2.05, 4.69) is 17.9 Å². The highest BCUT2D eigenvalue weighted by molar-refractivity contribution is 7.91. The van der Waals surface area contributed by atoms with Gasteiger partial charge in [-0.1, -0.05) is 60.1 Å². The van der Waals surface area contributed by atoms with Crippen LogP contribution in [0.2, 0.25) is 5.02 Å². The summed E-state index contributed by atoms with van der Waals surface area (Å²) in [7, 11) is -3.01. The number of amides is 1. The van der Waals surface area contributed by atoms with Crippen molar-refractivity contribution in [3.05, 3.63) is 70.7 Å². The van der Waals surface area contributed by atoms with Crippen LogP contribution < -0.4 is 0 Å². The fourth-order valence-corrected chi connectivity index (χ4v) is 6.17. The van der Waals surface area contributed by atoms with Crippen molar-refractivity contribution in [1.82, 2.24) is 14.7 Å². The average molecular weight is 476 g/mol. The van der Waals surface area contributed by atoms with Crippen molar-refractivity contribution in [3.8, 4) is 0 Å². The summed E-state index contributed by atoms with van der Waals surface area (Å²) in [6.45, 7) is 5.75. The van der Waals surface area contributed by atoms with Crippen LogP contribution in [0.1, 0.15) is 30.1 Å². The molecule has 0 aromatic heterocycles. The summed E-state index contributed by atoms with van der Waals surface area (Å²) in [6.07, 6.45) is 0. The molecule has 2 unspecified atom stereocenters. The molecule has 8 heteroatoms. The van der Waals surface area contributed by atoms with Gasteiger partial charge in [0, 0.05) is 50.3 Å². The number of benzene rings is 2. The number of sulfone groups is 1. The number of hydrogen-bond acceptors (Lipinski definition) is 5. The quantitative estimate of drug-likeness (QED) is 0.665. The predicted octanol–water partition coefficient (Wildman–Crippen LogP) is 3.02. The van der Waals surface area contributed by atoms with E-state index in [-0.39, 0.29) is 23.5 Å². The third-order valence-corrected chi connectivity index (χ3v) is 8.58. The predicted molar refractivity (Wildman–Crippen MR) is 127 cm³/mol. The van der Waals surface area contributed by atoms with E-state index in [9.17, 15) is 13.2 Å². The highest BCUT2D eigenvalue weighted by Crippen LogP contribution is 2.29. The van der Waals surface area contributed by atoms with E-state index in [1.165, 1.54) is 0 Å². The molecule has 2 saturated heterocycles. The Hall–Kier alpha value is -1.93. The van der Waals surface area contributed by atoms with Gasteiger partial charge < -0.3 is 4.90 Å². The molecule has 172 valence electrons. The van der Waals surface area contributed by atoms with Gasteiger partial charge in [0.1, 0.15) is 6.04 Å². The Bertz CT molecular complexity index is 1030. The van der Waals surface area contributed by atoms with Crippen LogP contribution in [0, 0.1) is 0 Å². The summed E-state index contributed by atoms with van der Waals surface area (Å²) >= 11 is 6.39. The number of nitrogens with zero attached hydrogens (tertiary/aromatic N) is 3. The van der Waals surface area contributed by atoms with Crippen LogP contribution in [0.25, 0.3) is 0 Å². The fraction of sp³-hybridized carbons (Fsp3) is 0.458. The molecule has 6 nitrogen and oxygen atoms in total. The topological polar surface area (TPSA) is 60.9 Å². The Labute approximate surface area is 195 Å². The second-order valence-corrected chi connectivity index (χ2v) is 11.3. The van der Waals surface area contributed by atoms with E-state index < -0.39 is 15.9 Å². The van der Waals surface area contributed by atoms with Crippen LogP contribution in [-0.2, 0) is 14.6 Å². The lowest BCUT2D eigenvalue weighted by molar-refractivity contribution is -0.139. The van der Waals surface area contributed by atoms with Crippen LogP contribution in [0.5, 0.6) is 0 Å². The van der Waals surface area contributed by atoms with E-state index in [1.807, 2.05) is 58.3 Å². The number of rotatable bonds is 5. The smallest absolute Gasteiger partial charge is 0.244 e. The molecular formula is C24H30ClN3O3S. The first-order valence-electron chi connectivity index (χ1n) is 11.1. The standard InChI is InChI=1S/C24H30ClN3O3S/c1-19(21-9-5-6-10-22(21)25)26-11-13-28(14-12-26)24(29)23(20-7-3-2-4-8-20)27-15-17-32(30,31)18-16-27/h2-10,19,23H,11-18H2,1H3. The van der Waals surface area contributed by atoms with Gasteiger partial charge in [-0.05, 0) is 24.1 Å². The van der Waals surface area contributed by atoms with Crippen molar-refractivity contribution in [1.29, 1.82) is 0 Å². The summed E-state index contributed by atoms with van der Waals surface area (Å²) in [4.78, 5) is 20.0. The number of hydrogen-bond donors (Lipinski definition) is 0. The Morgan fingerprint density at radius 1 is 0.844 bits per heavy atom. The summed E-state index contributed by atoms with van der Waals surface area (Å²) in [5, 5.41) is 0.766. The summed E-state index contributed by atoms with van der Waals surface area (Å²) in [5.41, 5.74) is 2.02. The van der Waals surface area contributed by atoms with Gasteiger partial charge in [-0.25, -0.2) is 8.42 Å². The maximum absolute atomic E-state index is 13.7. The molecule has 0 saturated carbocycles. The average Bonchev–Trinajstić information content (AvgIpc) is 2.81. The van der Waals surface area contributed by atoms with Crippen molar-refractivity contribution in [2.45, 2.75) is 19.0 Å². The Morgan fingerprint density at radius 2 is 1.44 bits per heavy atom. The van der Waals surface area contributed by atoms with Gasteiger partial charge in [-0.2, -0.15) is 0 Å². The van der Waals surface area contributed by atoms with Crippen LogP contribution >= 0.6 is 11.6 Å². The molecule has 0 N–H and O–H groups in total. The maximum Gasteiger partial charge on any atom is 0.244 e. The second kappa shape index (κ2) is 9.91. The van der Waals surface area contributed by atoms with Crippen molar-refractivity contribution < 1.29 is 13.2 Å². The first kappa shape index (κ1) is 23.2. The molecule has 2 aromatic rings. The van der Waals surface area contributed by atoms with Crippen LogP contribution in [-0.4, -0.2) is 79.8 Å². The van der Waals surface area contributed by atoms with Crippen molar-refractivity contribution in [3.63, 3.8) is 0 Å². The lowest BCUT2D eigenvalue weighted by Crippen LogP contribution is -2.54. The van der Waals surface area contributed by atoms with Crippen LogP contribution in [0.15, 0.2) is 54.6 Å². The third-order valence-electron chi connectivity index (χ3n) is 6.62. The molecule has 2 heterocycles. The van der Waals surface area contributed by atoms with Crippen molar-refractivity contribution in [2.24, 2.45) is 0 Å². The second-order valence-electron chi connectivity index (χ2n) is 8.56. The minimum absolute atomic E-state index is 0.0561. The van der Waals surface area contributed by atoms with E-state index in [0.717, 1.165) is 29.2 Å². The van der Waals surface area contributed by atoms with Crippen LogP contribution in [0.4, 0.5) is 0 Å². The molecule has 1 amide bonds. The fourth-order valence-electron chi connectivity index (χ4n) is 4.64. The minimum atomic E-state index is -3.01. The monoisotopic (exact) mass is 475 g/mol. The molecule has 0 aliphatic carbocycles. The van der Waals surface area contributed by atoms with Gasteiger partial charge in [-0.3, -0.25) is 14.6 Å². The first-order chi connectivity index (χ1) is 15.4. The SMILES string of the molecule is CC(c1ccccc1Cl)N1CCN(C(=O)C(c2ccccc2)N2CCS(=O)(=O)CC2)CC1. The molecule has 32 heavy (non-hydrogen) atoms. The summed E-state index contributed by atoms with van der Waals surface area (Å²) in [6, 6.07) is 17.3. The number of carbonyl (C=O) groups is 1. The number of halogens is 1. The zero-order valence-electron chi connectivity index (χ0n) is 18.4. The Balaban J connectivity index is 1.46. The number of carbonyl (C=O) groups excluding carboxylic acids is 1. The Kier molecular flexibility index (Phi) is 7.20. The van der Waals surface area contributed by atoms with E-state index >= 15 is 0 Å². The van der Waals surface area contributed by atoms with Gasteiger partial charge in [0.2, 0.25) is 5.91 Å². The molecule has 2 aromatic carbocycles. The lowest BCUT2D eigenvalue weighted by atomic mass is 10.0. The van der Waals surface area contributed by atoms with E-state index in [1.54, 1.807) is 0 Å². The number of piperazine rings is 1. The molecular weight excluding hydrogens is 446 g/mol. The molecule has 0 radical (unpaired) electrons. The Morgan fingerprint density at radius 3 is 2.06 bits per heavy atom. The first-order valence-corrected chi connectivity index (χ1v) is 13.3. The van der Waals surface area contributed by atoms with Gasteiger partial charge in [0.15, 0.2) is 9.84 Å². The molecule has 2 aliphatic heterocycles. The zero-order chi connectivity index (χ0) is 22.7. The zero-order valence-corrected chi connectivity index (χ0v) is 19.9. The van der Waals surface area contributed by atoms with Crippen molar-refractivity contribution >= 4 is 27.3 Å². The highest BCUT2D eigenvalue weighted by atomic mass is 35.5. The maximum atomic E-state index is 13.7. The highest BCUT2D eigenvalue weighted by Gasteiger charge is 2.36. The van der Waals surface area contributed by atoms with Crippen LogP contribution in [0.3, 0.4) is 0 Å².